The molecule has 0 aliphatic rings. The van der Waals surface area contributed by atoms with Crippen LogP contribution in [0.5, 0.6) is 0 Å². The summed E-state index contributed by atoms with van der Waals surface area (Å²) in [6, 6.07) is 0. The summed E-state index contributed by atoms with van der Waals surface area (Å²) in [4.78, 5) is 0. The first-order valence-corrected chi connectivity index (χ1v) is 0.775. The summed E-state index contributed by atoms with van der Waals surface area (Å²) in [5.74, 6) is 0. The fourth-order valence-corrected chi connectivity index (χ4v) is 0. The Morgan fingerprint density at radius 3 is 0.700 bits per heavy atom. The van der Waals surface area contributed by atoms with E-state index in [-0.39, 0.29) is 49.4 Å². The van der Waals surface area contributed by atoms with Crippen LogP contribution in [0.2, 0.25) is 0 Å². The Morgan fingerprint density at radius 1 is 0.700 bits per heavy atom. The molecule has 10 heteroatoms. The maximum absolute atomic E-state index is 7.17. The van der Waals surface area contributed by atoms with E-state index < -0.39 is 7.32 Å². The van der Waals surface area contributed by atoms with E-state index in [1.807, 2.05) is 0 Å². The van der Waals surface area contributed by atoms with Gasteiger partial charge in [0.1, 0.15) is 0 Å². The fourth-order valence-electron chi connectivity index (χ4n) is 0. The van der Waals surface area contributed by atoms with Gasteiger partial charge in [-0.25, -0.2) is 0 Å². The van der Waals surface area contributed by atoms with Gasteiger partial charge in [0.15, 0.2) is 0 Å². The summed E-state index contributed by atoms with van der Waals surface area (Å²) in [7, 11) is -2.17. The van der Waals surface area contributed by atoms with Crippen molar-refractivity contribution in [3.63, 3.8) is 0 Å². The van der Waals surface area contributed by atoms with E-state index in [0.717, 1.165) is 0 Å². The molecule has 0 rings (SSSR count). The second-order valence-electron chi connectivity index (χ2n) is 0.346. The topological polar surface area (TPSA) is 60.7 Å². The molecule has 0 aromatic rings. The molecule has 0 aromatic heterocycles. The van der Waals surface area contributed by atoms with Crippen molar-refractivity contribution < 1.29 is 41.4 Å². The molecular formula is H10BF5MgO3. The Kier molecular flexibility index (Phi) is 466. The van der Waals surface area contributed by atoms with E-state index >= 15 is 0 Å². The van der Waals surface area contributed by atoms with Crippen LogP contribution in [0.4, 0.5) is 23.5 Å². The van der Waals surface area contributed by atoms with Crippen LogP contribution in [0, 0.1) is 0 Å². The molecule has 0 atom stereocenters. The molecule has 0 aromatic carbocycles. The van der Waals surface area contributed by atoms with Crippen molar-refractivity contribution in [3.8, 4) is 0 Å². The molecule has 3 nitrogen and oxygen atoms in total. The molecule has 0 saturated heterocycles. The zero-order chi connectivity index (χ0) is 3.58. The predicted molar refractivity (Wildman–Crippen MR) is 32.9 cm³/mol. The summed E-state index contributed by atoms with van der Waals surface area (Å²) in [5, 5.41) is 21.5. The molecule has 0 bridgehead atoms. The van der Waals surface area contributed by atoms with Gasteiger partial charge >= 0.3 is 30.4 Å². The first-order chi connectivity index (χ1) is 1.73. The third-order valence-electron chi connectivity index (χ3n) is 0. The van der Waals surface area contributed by atoms with E-state index in [0.29, 0.717) is 0 Å². The van der Waals surface area contributed by atoms with E-state index in [9.17, 15) is 0 Å². The van der Waals surface area contributed by atoms with Crippen molar-refractivity contribution in [1.82, 2.24) is 0 Å². The van der Waals surface area contributed by atoms with Gasteiger partial charge in [-0.1, -0.05) is 0 Å². The summed E-state index contributed by atoms with van der Waals surface area (Å²) in [6.07, 6.45) is 0. The Bertz CT molecular complexity index is 29.4. The van der Waals surface area contributed by atoms with E-state index in [4.69, 9.17) is 15.1 Å². The van der Waals surface area contributed by atoms with Gasteiger partial charge in [0, 0.05) is 0 Å². The molecule has 0 saturated carbocycles. The number of hydrogen-bond donors (Lipinski definition) is 3. The van der Waals surface area contributed by atoms with Crippen LogP contribution in [-0.2, 0) is 0 Å². The van der Waals surface area contributed by atoms with Crippen molar-refractivity contribution >= 4 is 30.4 Å². The molecule has 0 aliphatic carbocycles. The van der Waals surface area contributed by atoms with Crippen LogP contribution in [0.15, 0.2) is 0 Å². The van der Waals surface area contributed by atoms with E-state index in [1.165, 1.54) is 0 Å². The largest absolute Gasteiger partial charge is 2.00 e. The molecule has 68 valence electrons. The quantitative estimate of drug-likeness (QED) is 0.322. The van der Waals surface area contributed by atoms with Crippen LogP contribution in [-0.4, -0.2) is 45.4 Å². The smallest absolute Gasteiger partial charge is 1.00 e. The minimum atomic E-state index is -2.17. The molecule has 10 heavy (non-hydrogen) atoms. The first kappa shape index (κ1) is 80.4. The van der Waals surface area contributed by atoms with Crippen molar-refractivity contribution in [2.75, 3.05) is 0 Å². The Morgan fingerprint density at radius 2 is 0.700 bits per heavy atom. The monoisotopic (exact) mass is 188 g/mol. The Balaban J connectivity index is -0.00000000161. The van der Waals surface area contributed by atoms with Crippen molar-refractivity contribution in [2.24, 2.45) is 0 Å². The second-order valence-corrected chi connectivity index (χ2v) is 0.346. The third-order valence-corrected chi connectivity index (χ3v) is 0. The Hall–Kier alpha value is 0.361. The fraction of sp³-hybridized carbons (Fsp3) is 0. The maximum Gasteiger partial charge on any atom is 2.00 e. The van der Waals surface area contributed by atoms with Gasteiger partial charge in [-0.2, -0.15) is 0 Å². The average molecular weight is 188 g/mol. The summed E-state index contributed by atoms with van der Waals surface area (Å²) >= 11 is 0. The predicted octanol–water partition coefficient (Wildman–Crippen LogP) is -1.45. The maximum atomic E-state index is 7.17. The average Bonchev–Trinajstić information content (AvgIpc) is 0.811. The second kappa shape index (κ2) is 57.9. The van der Waals surface area contributed by atoms with Gasteiger partial charge in [-0.15, -0.1) is 0 Å². The van der Waals surface area contributed by atoms with Crippen molar-refractivity contribution in [1.29, 1.82) is 0 Å². The number of halogens is 5. The van der Waals surface area contributed by atoms with Crippen LogP contribution in [0.3, 0.4) is 0 Å². The molecule has 0 spiro atoms. The van der Waals surface area contributed by atoms with Crippen LogP contribution in [0.25, 0.3) is 0 Å². The first-order valence-electron chi connectivity index (χ1n) is 0.775. The normalized spacial score (nSPS) is 2.70. The van der Waals surface area contributed by atoms with Crippen molar-refractivity contribution in [2.45, 2.75) is 0 Å². The van der Waals surface area contributed by atoms with Crippen molar-refractivity contribution in [3.05, 3.63) is 0 Å². The van der Waals surface area contributed by atoms with Crippen LogP contribution >= 0.6 is 0 Å². The zero-order valence-corrected chi connectivity index (χ0v) is 6.08. The molecule has 0 amide bonds. The van der Waals surface area contributed by atoms with E-state index in [2.05, 4.69) is 0 Å². The van der Waals surface area contributed by atoms with Crippen LogP contribution in [0.1, 0.15) is 2.85 Å². The van der Waals surface area contributed by atoms with Crippen LogP contribution < -0.4 is 0 Å². The molecule has 0 radical (unpaired) electrons. The number of rotatable bonds is 0. The van der Waals surface area contributed by atoms with Gasteiger partial charge in [-0.3, -0.25) is 23.5 Å². The minimum absolute atomic E-state index is 0. The van der Waals surface area contributed by atoms with E-state index in [1.54, 1.807) is 0 Å². The molecule has 3 N–H and O–H groups in total. The summed E-state index contributed by atoms with van der Waals surface area (Å²) < 4.78 is 0. The molecule has 0 aliphatic heterocycles. The van der Waals surface area contributed by atoms with Gasteiger partial charge in [-0.05, 0) is 0 Å². The molecule has 0 unspecified atom stereocenters. The number of hydrogen-bond acceptors (Lipinski definition) is 3. The van der Waals surface area contributed by atoms with Gasteiger partial charge in [0.25, 0.3) is 0 Å². The zero-order valence-electron chi connectivity index (χ0n) is 6.67. The van der Waals surface area contributed by atoms with Gasteiger partial charge in [0.2, 0.25) is 0 Å². The van der Waals surface area contributed by atoms with Gasteiger partial charge < -0.3 is 17.9 Å². The molecular weight excluding hydrogens is 178 g/mol. The Labute approximate surface area is 72.6 Å². The summed E-state index contributed by atoms with van der Waals surface area (Å²) in [5.41, 5.74) is 0. The van der Waals surface area contributed by atoms with Gasteiger partial charge in [0.05, 0.1) is 0 Å². The summed E-state index contributed by atoms with van der Waals surface area (Å²) in [6.45, 7) is 0. The minimum Gasteiger partial charge on any atom is -1.00 e. The third kappa shape index (κ3) is 3470. The SMILES string of the molecule is F.F.F.F.F.OB(O)O.[H-].[H-].[Mg+2]. The standard InChI is InChI=1S/BH3O3.5FH.Mg.2H/c2-1(3)4;;;;;;;;/h2-4H;5*1H;;;/q;;;;;;+2;2*-1. The molecule has 0 fully saturated rings. The molecule has 0 heterocycles.